The van der Waals surface area contributed by atoms with Crippen LogP contribution in [0.3, 0.4) is 0 Å². The third-order valence-electron chi connectivity index (χ3n) is 12.5. The van der Waals surface area contributed by atoms with E-state index in [9.17, 15) is 5.11 Å². The zero-order chi connectivity index (χ0) is 26.7. The van der Waals surface area contributed by atoms with Crippen molar-refractivity contribution in [3.05, 3.63) is 11.6 Å². The van der Waals surface area contributed by atoms with Crippen LogP contribution in [0, 0.1) is 46.3 Å². The van der Waals surface area contributed by atoms with Crippen LogP contribution in [-0.2, 0) is 4.43 Å². The number of aliphatic hydroxyl groups excluding tert-OH is 1. The van der Waals surface area contributed by atoms with Gasteiger partial charge in [-0.15, -0.1) is 0 Å². The molecule has 0 amide bonds. The second-order valence-corrected chi connectivity index (χ2v) is 20.9. The van der Waals surface area contributed by atoms with Crippen LogP contribution < -0.4 is 0 Å². The summed E-state index contributed by atoms with van der Waals surface area (Å²) in [7, 11) is -1.91. The third kappa shape index (κ3) is 5.08. The molecule has 9 atom stereocenters. The molecule has 1 unspecified atom stereocenters. The number of rotatable bonds is 7. The zero-order valence-corrected chi connectivity index (χ0v) is 26.6. The van der Waals surface area contributed by atoms with Gasteiger partial charge < -0.3 is 9.53 Å². The molecule has 0 aromatic heterocycles. The van der Waals surface area contributed by atoms with E-state index in [1.54, 1.807) is 0 Å². The molecule has 0 aliphatic heterocycles. The molecule has 0 bridgehead atoms. The molecule has 4 rings (SSSR count). The molecule has 0 radical (unpaired) electrons. The molecule has 4 aliphatic rings. The largest absolute Gasteiger partial charge is 0.410 e. The molecule has 0 spiro atoms. The highest BCUT2D eigenvalue weighted by molar-refractivity contribution is 6.74. The van der Waals surface area contributed by atoms with E-state index in [1.165, 1.54) is 50.5 Å². The maximum absolute atomic E-state index is 10.6. The highest BCUT2D eigenvalue weighted by Crippen LogP contribution is 2.68. The average molecular weight is 517 g/mol. The van der Waals surface area contributed by atoms with Gasteiger partial charge in [0.05, 0.1) is 12.2 Å². The first-order valence-electron chi connectivity index (χ1n) is 15.7. The molecule has 3 heteroatoms. The van der Waals surface area contributed by atoms with Gasteiger partial charge in [-0.05, 0) is 109 Å². The summed E-state index contributed by atoms with van der Waals surface area (Å²) in [5.74, 6) is 4.68. The van der Waals surface area contributed by atoms with Gasteiger partial charge in [0.25, 0.3) is 0 Å². The smallest absolute Gasteiger partial charge is 0.192 e. The summed E-state index contributed by atoms with van der Waals surface area (Å²) in [5.41, 5.74) is 2.26. The number of aliphatic hydroxyl groups is 1. The van der Waals surface area contributed by atoms with Gasteiger partial charge in [0.1, 0.15) is 0 Å². The average Bonchev–Trinajstić information content (AvgIpc) is 3.10. The van der Waals surface area contributed by atoms with E-state index in [0.29, 0.717) is 17.3 Å². The summed E-state index contributed by atoms with van der Waals surface area (Å²) < 4.78 is 7.36. The van der Waals surface area contributed by atoms with Crippen molar-refractivity contribution in [1.82, 2.24) is 0 Å². The molecule has 0 heterocycles. The Hall–Kier alpha value is -0.123. The molecule has 36 heavy (non-hydrogen) atoms. The highest BCUT2D eigenvalue weighted by atomic mass is 28.4. The van der Waals surface area contributed by atoms with Gasteiger partial charge in [-0.1, -0.05) is 86.3 Å². The normalized spacial score (nSPS) is 41.9. The number of hydrogen-bond acceptors (Lipinski definition) is 2. The van der Waals surface area contributed by atoms with Crippen LogP contribution in [0.25, 0.3) is 0 Å². The summed E-state index contributed by atoms with van der Waals surface area (Å²) in [6.07, 6.45) is 15.4. The van der Waals surface area contributed by atoms with Gasteiger partial charge in [0, 0.05) is 0 Å². The Morgan fingerprint density at radius 3 is 2.33 bits per heavy atom. The maximum Gasteiger partial charge on any atom is 0.192 e. The molecular weight excluding hydrogens is 456 g/mol. The fraction of sp³-hybridized carbons (Fsp3) is 0.939. The minimum absolute atomic E-state index is 0.161. The Bertz CT molecular complexity index is 809. The highest BCUT2D eigenvalue weighted by Gasteiger charge is 2.62. The Morgan fingerprint density at radius 2 is 1.69 bits per heavy atom. The van der Waals surface area contributed by atoms with E-state index >= 15 is 0 Å². The fourth-order valence-electron chi connectivity index (χ4n) is 9.26. The Labute approximate surface area is 225 Å². The second kappa shape index (κ2) is 10.1. The van der Waals surface area contributed by atoms with E-state index < -0.39 is 8.32 Å². The van der Waals surface area contributed by atoms with Gasteiger partial charge in [0.15, 0.2) is 8.32 Å². The summed E-state index contributed by atoms with van der Waals surface area (Å²) >= 11 is 0. The minimum atomic E-state index is -1.91. The third-order valence-corrected chi connectivity index (χ3v) is 17.0. The first-order chi connectivity index (χ1) is 16.6. The lowest BCUT2D eigenvalue weighted by Gasteiger charge is -2.61. The van der Waals surface area contributed by atoms with Gasteiger partial charge in [0.2, 0.25) is 0 Å². The molecule has 0 saturated heterocycles. The van der Waals surface area contributed by atoms with Crippen molar-refractivity contribution in [2.24, 2.45) is 46.3 Å². The standard InChI is InChI=1S/C33H60O2Si/c1-22(2)12-11-13-23(3)26-14-15-27-30-28(17-19-33(26,27)8)32(7)18-16-25(34)20-24(32)21-29(30)35-36(9,10)31(4,5)6/h21-23,25-30,34H,11-20H2,1-10H3/t23-,25+,26-,27+,28+,29-,30?,32+,33-/m1/s1. The van der Waals surface area contributed by atoms with Crippen molar-refractivity contribution < 1.29 is 9.53 Å². The van der Waals surface area contributed by atoms with Gasteiger partial charge >= 0.3 is 0 Å². The molecule has 2 nitrogen and oxygen atoms in total. The maximum atomic E-state index is 10.6. The van der Waals surface area contributed by atoms with Crippen molar-refractivity contribution in [3.8, 4) is 0 Å². The van der Waals surface area contributed by atoms with Crippen molar-refractivity contribution >= 4 is 8.32 Å². The van der Waals surface area contributed by atoms with Crippen LogP contribution in [0.4, 0.5) is 0 Å². The quantitative estimate of drug-likeness (QED) is 0.270. The molecule has 0 aromatic rings. The van der Waals surface area contributed by atoms with Crippen LogP contribution in [0.1, 0.15) is 120 Å². The molecular formula is C33H60O2Si. The molecule has 1 N–H and O–H groups in total. The fourth-order valence-corrected chi connectivity index (χ4v) is 10.5. The van der Waals surface area contributed by atoms with E-state index in [1.807, 2.05) is 0 Å². The molecule has 0 aromatic carbocycles. The van der Waals surface area contributed by atoms with Gasteiger partial charge in [-0.3, -0.25) is 0 Å². The first kappa shape index (κ1) is 28.9. The second-order valence-electron chi connectivity index (χ2n) is 16.2. The first-order valence-corrected chi connectivity index (χ1v) is 18.6. The molecule has 3 fully saturated rings. The Kier molecular flexibility index (Phi) is 8.12. The van der Waals surface area contributed by atoms with Crippen LogP contribution >= 0.6 is 0 Å². The zero-order valence-electron chi connectivity index (χ0n) is 25.6. The summed E-state index contributed by atoms with van der Waals surface area (Å²) in [4.78, 5) is 0. The summed E-state index contributed by atoms with van der Waals surface area (Å²) in [5, 5.41) is 10.8. The van der Waals surface area contributed by atoms with E-state index in [2.05, 4.69) is 74.6 Å². The van der Waals surface area contributed by atoms with Crippen LogP contribution in [-0.4, -0.2) is 25.6 Å². The SMILES string of the molecule is CC(C)CCC[C@@H](C)[C@H]1CC[C@H]2C3[C@H](O[Si](C)(C)C(C)(C)C)C=C4C[C@@H](O)CC[C@]4(C)[C@H]3CC[C@]12C. The molecule has 4 aliphatic carbocycles. The van der Waals surface area contributed by atoms with Crippen LogP contribution in [0.2, 0.25) is 18.1 Å². The lowest BCUT2D eigenvalue weighted by Crippen LogP contribution is -2.57. The summed E-state index contributed by atoms with van der Waals surface area (Å²) in [6, 6.07) is 0. The van der Waals surface area contributed by atoms with Crippen molar-refractivity contribution in [3.63, 3.8) is 0 Å². The molecule has 208 valence electrons. The lowest BCUT2D eigenvalue weighted by molar-refractivity contribution is -0.0938. The van der Waals surface area contributed by atoms with Gasteiger partial charge in [-0.2, -0.15) is 0 Å². The number of fused-ring (bicyclic) bond motifs is 5. The van der Waals surface area contributed by atoms with Crippen molar-refractivity contribution in [1.29, 1.82) is 0 Å². The number of hydrogen-bond donors (Lipinski definition) is 1. The van der Waals surface area contributed by atoms with E-state index in [4.69, 9.17) is 4.43 Å². The van der Waals surface area contributed by atoms with E-state index in [0.717, 1.165) is 42.9 Å². The van der Waals surface area contributed by atoms with Crippen LogP contribution in [0.15, 0.2) is 11.6 Å². The monoisotopic (exact) mass is 516 g/mol. The van der Waals surface area contributed by atoms with Gasteiger partial charge in [-0.25, -0.2) is 0 Å². The Morgan fingerprint density at radius 1 is 1.00 bits per heavy atom. The molecule has 3 saturated carbocycles. The van der Waals surface area contributed by atoms with E-state index in [-0.39, 0.29) is 22.7 Å². The minimum Gasteiger partial charge on any atom is -0.410 e. The summed E-state index contributed by atoms with van der Waals surface area (Å²) in [6.45, 7) is 24.6. The predicted octanol–water partition coefficient (Wildman–Crippen LogP) is 9.39. The Balaban J connectivity index is 1.66. The van der Waals surface area contributed by atoms with Crippen molar-refractivity contribution in [2.45, 2.75) is 150 Å². The topological polar surface area (TPSA) is 29.5 Å². The predicted molar refractivity (Wildman–Crippen MR) is 157 cm³/mol. The van der Waals surface area contributed by atoms with Crippen LogP contribution in [0.5, 0.6) is 0 Å². The van der Waals surface area contributed by atoms with Crippen molar-refractivity contribution in [2.75, 3.05) is 0 Å². The lowest BCUT2D eigenvalue weighted by atomic mass is 9.46.